The lowest BCUT2D eigenvalue weighted by Crippen LogP contribution is -2.50. The quantitative estimate of drug-likeness (QED) is 0.753. The number of methoxy groups -OCH3 is 1. The van der Waals surface area contributed by atoms with E-state index >= 15 is 0 Å². The molecule has 2 heterocycles. The molecule has 7 heteroatoms. The number of hydrogen-bond acceptors (Lipinski definition) is 4. The fourth-order valence-corrected chi connectivity index (χ4v) is 4.82. The molecule has 0 unspecified atom stereocenters. The third kappa shape index (κ3) is 4.17. The van der Waals surface area contributed by atoms with Gasteiger partial charge < -0.3 is 9.64 Å². The predicted molar refractivity (Wildman–Crippen MR) is 80.4 cm³/mol. The Balaban J connectivity index is 1.89. The molecule has 2 saturated heterocycles. The van der Waals surface area contributed by atoms with E-state index < -0.39 is 10.0 Å². The molecule has 21 heavy (non-hydrogen) atoms. The van der Waals surface area contributed by atoms with Crippen molar-refractivity contribution in [3.8, 4) is 0 Å². The van der Waals surface area contributed by atoms with Gasteiger partial charge in [-0.3, -0.25) is 4.79 Å². The summed E-state index contributed by atoms with van der Waals surface area (Å²) in [5, 5.41) is 0. The number of amides is 1. The lowest BCUT2D eigenvalue weighted by molar-refractivity contribution is -0.136. The van der Waals surface area contributed by atoms with Gasteiger partial charge in [0.1, 0.15) is 0 Å². The Morgan fingerprint density at radius 2 is 1.90 bits per heavy atom. The summed E-state index contributed by atoms with van der Waals surface area (Å²) in [5.74, 6) is 0.257. The largest absolute Gasteiger partial charge is 0.381 e. The van der Waals surface area contributed by atoms with Crippen LogP contribution in [0.2, 0.25) is 0 Å². The maximum Gasteiger partial charge on any atom is 0.222 e. The van der Waals surface area contributed by atoms with Crippen LogP contribution in [0.4, 0.5) is 0 Å². The van der Waals surface area contributed by atoms with E-state index in [1.54, 1.807) is 11.2 Å². The number of hydrogen-bond donors (Lipinski definition) is 0. The molecule has 2 fully saturated rings. The summed E-state index contributed by atoms with van der Waals surface area (Å²) in [5.41, 5.74) is 0. The van der Waals surface area contributed by atoms with Crippen LogP contribution in [0.1, 0.15) is 39.0 Å². The molecular weight excluding hydrogens is 292 g/mol. The molecule has 0 aliphatic carbocycles. The zero-order valence-corrected chi connectivity index (χ0v) is 13.8. The number of nitrogens with zero attached hydrogens (tertiary/aromatic N) is 2. The van der Waals surface area contributed by atoms with Crippen LogP contribution in [0.15, 0.2) is 0 Å². The highest BCUT2D eigenvalue weighted by molar-refractivity contribution is 7.89. The van der Waals surface area contributed by atoms with Gasteiger partial charge in [0.05, 0.1) is 11.9 Å². The highest BCUT2D eigenvalue weighted by Gasteiger charge is 2.33. The first kappa shape index (κ1) is 16.7. The molecule has 1 atom stereocenters. The van der Waals surface area contributed by atoms with Gasteiger partial charge in [-0.1, -0.05) is 0 Å². The van der Waals surface area contributed by atoms with Crippen LogP contribution < -0.4 is 0 Å². The van der Waals surface area contributed by atoms with Crippen molar-refractivity contribution in [2.45, 2.75) is 51.2 Å². The van der Waals surface area contributed by atoms with Crippen LogP contribution in [0.3, 0.4) is 0 Å². The first-order valence-electron chi connectivity index (χ1n) is 7.74. The van der Waals surface area contributed by atoms with Crippen LogP contribution in [-0.2, 0) is 19.6 Å². The molecule has 0 radical (unpaired) electrons. The Hall–Kier alpha value is -0.660. The summed E-state index contributed by atoms with van der Waals surface area (Å²) < 4.78 is 31.1. The van der Waals surface area contributed by atoms with Crippen LogP contribution in [0, 0.1) is 0 Å². The van der Waals surface area contributed by atoms with Gasteiger partial charge in [0.2, 0.25) is 15.9 Å². The molecule has 2 rings (SSSR count). The molecular formula is C14H26N2O4S. The van der Waals surface area contributed by atoms with E-state index in [1.165, 1.54) is 7.11 Å². The van der Waals surface area contributed by atoms with E-state index in [2.05, 4.69) is 0 Å². The summed E-state index contributed by atoms with van der Waals surface area (Å²) in [6.07, 6.45) is 3.88. The Morgan fingerprint density at radius 1 is 1.24 bits per heavy atom. The second-order valence-electron chi connectivity index (χ2n) is 6.00. The van der Waals surface area contributed by atoms with E-state index in [4.69, 9.17) is 4.74 Å². The second kappa shape index (κ2) is 7.07. The van der Waals surface area contributed by atoms with E-state index in [0.717, 1.165) is 32.2 Å². The van der Waals surface area contributed by atoms with Crippen molar-refractivity contribution >= 4 is 15.9 Å². The van der Waals surface area contributed by atoms with Crippen molar-refractivity contribution in [1.29, 1.82) is 0 Å². The fourth-order valence-electron chi connectivity index (χ4n) is 3.11. The highest BCUT2D eigenvalue weighted by Crippen LogP contribution is 2.23. The molecule has 0 saturated carbocycles. The number of likely N-dealkylation sites (tertiary alicyclic amines) is 1. The molecule has 2 aliphatic rings. The molecule has 0 aromatic heterocycles. The maximum atomic E-state index is 12.3. The van der Waals surface area contributed by atoms with Gasteiger partial charge >= 0.3 is 0 Å². The van der Waals surface area contributed by atoms with Gasteiger partial charge in [-0.2, -0.15) is 0 Å². The van der Waals surface area contributed by atoms with Crippen LogP contribution in [0.5, 0.6) is 0 Å². The molecule has 0 bridgehead atoms. The Morgan fingerprint density at radius 3 is 2.48 bits per heavy atom. The van der Waals surface area contributed by atoms with Crippen molar-refractivity contribution in [2.75, 3.05) is 32.5 Å². The molecule has 122 valence electrons. The first-order valence-corrected chi connectivity index (χ1v) is 9.35. The lowest BCUT2D eigenvalue weighted by atomic mass is 10.0. The maximum absolute atomic E-state index is 12.3. The van der Waals surface area contributed by atoms with Crippen LogP contribution >= 0.6 is 0 Å². The number of piperidine rings is 2. The number of ether oxygens (including phenoxy) is 1. The number of carbonyl (C=O) groups excluding carboxylic acids is 1. The van der Waals surface area contributed by atoms with Gasteiger partial charge in [-0.25, -0.2) is 12.7 Å². The van der Waals surface area contributed by atoms with E-state index in [-0.39, 0.29) is 23.8 Å². The molecule has 0 N–H and O–H groups in total. The first-order chi connectivity index (χ1) is 9.94. The topological polar surface area (TPSA) is 66.9 Å². The highest BCUT2D eigenvalue weighted by atomic mass is 32.2. The summed E-state index contributed by atoms with van der Waals surface area (Å²) in [6, 6.07) is 0.212. The van der Waals surface area contributed by atoms with Crippen molar-refractivity contribution in [2.24, 2.45) is 0 Å². The van der Waals surface area contributed by atoms with Gasteiger partial charge in [0.15, 0.2) is 0 Å². The number of sulfonamides is 1. The van der Waals surface area contributed by atoms with Crippen molar-refractivity contribution in [1.82, 2.24) is 9.21 Å². The van der Waals surface area contributed by atoms with Crippen molar-refractivity contribution in [3.05, 3.63) is 0 Å². The SMILES string of the molecule is CO[C@H](C)CS(=O)(=O)N1CCC(N2CCCCC2=O)CC1. The fraction of sp³-hybridized carbons (Fsp3) is 0.929. The van der Waals surface area contributed by atoms with Gasteiger partial charge in [-0.05, 0) is 32.6 Å². The number of carbonyl (C=O) groups is 1. The minimum atomic E-state index is -3.26. The lowest BCUT2D eigenvalue weighted by Gasteiger charge is -2.39. The minimum Gasteiger partial charge on any atom is -0.381 e. The number of rotatable bonds is 5. The zero-order valence-electron chi connectivity index (χ0n) is 13.0. The minimum absolute atomic E-state index is 0.0246. The Bertz CT molecular complexity index is 458. The van der Waals surface area contributed by atoms with Crippen LogP contribution in [-0.4, -0.2) is 68.2 Å². The normalized spacial score (nSPS) is 24.3. The molecule has 0 aromatic rings. The zero-order chi connectivity index (χ0) is 15.5. The van der Waals surface area contributed by atoms with Gasteiger partial charge in [-0.15, -0.1) is 0 Å². The second-order valence-corrected chi connectivity index (χ2v) is 8.01. The third-order valence-electron chi connectivity index (χ3n) is 4.47. The summed E-state index contributed by atoms with van der Waals surface area (Å²) in [7, 11) is -1.74. The van der Waals surface area contributed by atoms with Crippen molar-refractivity contribution in [3.63, 3.8) is 0 Å². The average Bonchev–Trinajstić information content (AvgIpc) is 2.47. The molecule has 1 amide bonds. The molecule has 0 spiro atoms. The third-order valence-corrected chi connectivity index (χ3v) is 6.51. The van der Waals surface area contributed by atoms with E-state index in [9.17, 15) is 13.2 Å². The van der Waals surface area contributed by atoms with Gasteiger partial charge in [0, 0.05) is 39.2 Å². The average molecular weight is 318 g/mol. The summed E-state index contributed by atoms with van der Waals surface area (Å²) in [4.78, 5) is 13.9. The van der Waals surface area contributed by atoms with Crippen LogP contribution in [0.25, 0.3) is 0 Å². The van der Waals surface area contributed by atoms with E-state index in [0.29, 0.717) is 19.5 Å². The monoisotopic (exact) mass is 318 g/mol. The molecule has 6 nitrogen and oxygen atoms in total. The standard InChI is InChI=1S/C14H26N2O4S/c1-12(20-2)11-21(18,19)15-9-6-13(7-10-15)16-8-4-3-5-14(16)17/h12-13H,3-11H2,1-2H3/t12-/m1/s1. The molecule has 0 aromatic carbocycles. The van der Waals surface area contributed by atoms with Gasteiger partial charge in [0.25, 0.3) is 0 Å². The predicted octanol–water partition coefficient (Wildman–Crippen LogP) is 0.828. The molecule has 2 aliphatic heterocycles. The van der Waals surface area contributed by atoms with Crippen molar-refractivity contribution < 1.29 is 17.9 Å². The van der Waals surface area contributed by atoms with E-state index in [1.807, 2.05) is 4.90 Å². The Labute approximate surface area is 127 Å². The summed E-state index contributed by atoms with van der Waals surface area (Å²) in [6.45, 7) is 3.61. The Kier molecular flexibility index (Phi) is 5.62. The smallest absolute Gasteiger partial charge is 0.222 e. The summed E-state index contributed by atoms with van der Waals surface area (Å²) >= 11 is 0.